The molecule has 23 heteroatoms. The number of nitrogens with zero attached hydrogens (tertiary/aromatic N) is 1. The fourth-order valence-corrected chi connectivity index (χ4v) is 3.78. The number of nitrogens with one attached hydrogen (secondary N) is 1. The van der Waals surface area contributed by atoms with Gasteiger partial charge in [0, 0.05) is 19.4 Å². The first kappa shape index (κ1) is 40.1. The Morgan fingerprint density at radius 1 is 0.690 bits per heavy atom. The van der Waals surface area contributed by atoms with Crippen molar-refractivity contribution in [2.24, 2.45) is 0 Å². The molecule has 0 heterocycles. The molecule has 0 unspecified atom stereocenters. The van der Waals surface area contributed by atoms with E-state index in [0.717, 1.165) is 0 Å². The van der Waals surface area contributed by atoms with E-state index in [1.807, 2.05) is 0 Å². The highest BCUT2D eigenvalue weighted by Gasteiger charge is 2.95. The first-order valence-corrected chi connectivity index (χ1v) is 12.0. The van der Waals surface area contributed by atoms with Crippen LogP contribution in [0.25, 0.3) is 0 Å². The number of rotatable bonds is 17. The van der Waals surface area contributed by atoms with Gasteiger partial charge in [-0.15, -0.1) is 0 Å². The highest BCUT2D eigenvalue weighted by Crippen LogP contribution is 2.64. The molecule has 0 aliphatic rings. The predicted octanol–water partition coefficient (Wildman–Crippen LogP) is 5.79. The van der Waals surface area contributed by atoms with Gasteiger partial charge in [0.2, 0.25) is 5.91 Å². The van der Waals surface area contributed by atoms with Crippen LogP contribution in [0.4, 0.5) is 74.6 Å². The molecule has 1 amide bonds. The van der Waals surface area contributed by atoms with E-state index >= 15 is 0 Å². The average molecular weight is 681 g/mol. The number of hydrogen-bond donors (Lipinski definition) is 2. The largest absolute Gasteiger partial charge is 0.477 e. The Kier molecular flexibility index (Phi) is 12.0. The van der Waals surface area contributed by atoms with E-state index in [0.29, 0.717) is 0 Å². The number of aliphatic carboxylic acids is 1. The van der Waals surface area contributed by atoms with Crippen LogP contribution in [0.3, 0.4) is 0 Å². The third kappa shape index (κ3) is 7.76. The van der Waals surface area contributed by atoms with E-state index < -0.39 is 77.4 Å². The van der Waals surface area contributed by atoms with Gasteiger partial charge >= 0.3 is 53.6 Å². The van der Waals surface area contributed by atoms with Crippen LogP contribution >= 0.6 is 11.8 Å². The highest BCUT2D eigenvalue weighted by atomic mass is 32.2. The fraction of sp³-hybridized carbons (Fsp3) is 0.895. The predicted molar refractivity (Wildman–Crippen MR) is 110 cm³/mol. The molecule has 0 aliphatic heterocycles. The van der Waals surface area contributed by atoms with Gasteiger partial charge in [-0.2, -0.15) is 86.4 Å². The van der Waals surface area contributed by atoms with Crippen molar-refractivity contribution >= 4 is 23.6 Å². The zero-order valence-corrected chi connectivity index (χ0v) is 21.8. The smallest absolute Gasteiger partial charge is 0.460 e. The minimum absolute atomic E-state index is 0.0214. The Bertz CT molecular complexity index is 954. The molecule has 2 N–H and O–H groups in total. The van der Waals surface area contributed by atoms with E-state index in [-0.39, 0.29) is 42.3 Å². The highest BCUT2D eigenvalue weighted by molar-refractivity contribution is 7.99. The molecule has 0 saturated carbocycles. The number of carboxylic acid groups (broad SMARTS) is 1. The maximum Gasteiger partial charge on any atom is 0.460 e. The summed E-state index contributed by atoms with van der Waals surface area (Å²) in [6.45, 7) is -0.213. The van der Waals surface area contributed by atoms with E-state index in [2.05, 4.69) is 5.32 Å². The number of likely N-dealkylation sites (N-methyl/N-ethyl adjacent to an activating group) is 1. The molecule has 0 rings (SSSR count). The van der Waals surface area contributed by atoms with Crippen molar-refractivity contribution < 1.29 is 93.8 Å². The summed E-state index contributed by atoms with van der Waals surface area (Å²) in [5, 5.41) is 10.9. The first-order valence-electron chi connectivity index (χ1n) is 10.9. The van der Waals surface area contributed by atoms with Crippen LogP contribution < -0.4 is 5.32 Å². The molecule has 0 aliphatic carbocycles. The van der Waals surface area contributed by atoms with Crippen molar-refractivity contribution in [1.82, 2.24) is 5.32 Å². The molecule has 0 aromatic rings. The summed E-state index contributed by atoms with van der Waals surface area (Å²) in [7, 11) is 3.04. The maximum atomic E-state index is 13.8. The number of hydrogen-bond acceptors (Lipinski definition) is 3. The standard InChI is InChI=1S/C19H21F17N2O3S/c1-38(2,8-11(40)41)6-3-5-37-10(39)9-42-7-4-12(20,21)13(22,23)14(24,25)15(26,27)16(28,29)17(30,31)18(32,33)19(34,35)36/h3-9H2,1-2H3,(H-,37,39,40,41)/p+1. The van der Waals surface area contributed by atoms with Crippen LogP contribution in [0.1, 0.15) is 12.8 Å². The Hall–Kier alpha value is -1.94. The second-order valence-electron chi connectivity index (χ2n) is 9.37. The number of carbonyl (C=O) groups is 2. The van der Waals surface area contributed by atoms with Crippen molar-refractivity contribution in [2.75, 3.05) is 45.2 Å². The Balaban J connectivity index is 5.48. The minimum Gasteiger partial charge on any atom is -0.477 e. The van der Waals surface area contributed by atoms with Gasteiger partial charge in [0.25, 0.3) is 0 Å². The van der Waals surface area contributed by atoms with Crippen molar-refractivity contribution in [3.05, 3.63) is 0 Å². The van der Waals surface area contributed by atoms with Crippen LogP contribution in [0, 0.1) is 0 Å². The van der Waals surface area contributed by atoms with Gasteiger partial charge in [0.05, 0.1) is 26.4 Å². The second kappa shape index (κ2) is 12.6. The summed E-state index contributed by atoms with van der Waals surface area (Å²) in [4.78, 5) is 22.3. The average Bonchev–Trinajstić information content (AvgIpc) is 2.77. The van der Waals surface area contributed by atoms with Crippen LogP contribution in [0.15, 0.2) is 0 Å². The van der Waals surface area contributed by atoms with Gasteiger partial charge in [-0.05, 0) is 5.75 Å². The fourth-order valence-electron chi connectivity index (χ4n) is 2.95. The topological polar surface area (TPSA) is 66.4 Å². The number of carboxylic acids is 1. The first-order chi connectivity index (χ1) is 18.3. The molecular formula is C19H22F17N2O3S+. The summed E-state index contributed by atoms with van der Waals surface area (Å²) in [6, 6.07) is 0. The lowest BCUT2D eigenvalue weighted by molar-refractivity contribution is -0.883. The zero-order chi connectivity index (χ0) is 34.0. The summed E-state index contributed by atoms with van der Waals surface area (Å²) in [6.07, 6.45) is -10.3. The van der Waals surface area contributed by atoms with E-state index in [1.54, 1.807) is 0 Å². The van der Waals surface area contributed by atoms with Crippen molar-refractivity contribution in [3.63, 3.8) is 0 Å². The SMILES string of the molecule is C[N+](C)(CCCNC(=O)CSCCC(F)(F)C(F)(F)C(F)(F)C(F)(F)C(F)(F)C(F)(F)C(F)(F)C(F)(F)F)CC(=O)O. The molecular weight excluding hydrogens is 659 g/mol. The second-order valence-corrected chi connectivity index (χ2v) is 10.5. The number of thioether (sulfide) groups is 1. The normalized spacial score (nSPS) is 15.1. The van der Waals surface area contributed by atoms with Crippen molar-refractivity contribution in [3.8, 4) is 0 Å². The number of amides is 1. The van der Waals surface area contributed by atoms with Gasteiger partial charge < -0.3 is 14.9 Å². The lowest BCUT2D eigenvalue weighted by atomic mass is 9.88. The quantitative estimate of drug-likeness (QED) is 0.116. The molecule has 0 fully saturated rings. The summed E-state index contributed by atoms with van der Waals surface area (Å²) >= 11 is -0.0214. The molecule has 0 saturated heterocycles. The molecule has 0 atom stereocenters. The van der Waals surface area contributed by atoms with Crippen LogP contribution in [0.5, 0.6) is 0 Å². The molecule has 0 aromatic carbocycles. The Morgan fingerprint density at radius 3 is 1.50 bits per heavy atom. The van der Waals surface area contributed by atoms with Crippen molar-refractivity contribution in [1.29, 1.82) is 0 Å². The summed E-state index contributed by atoms with van der Waals surface area (Å²) < 4.78 is 225. The lowest BCUT2D eigenvalue weighted by Crippen LogP contribution is -2.74. The molecule has 0 bridgehead atoms. The minimum atomic E-state index is -8.67. The molecule has 5 nitrogen and oxygen atoms in total. The van der Waals surface area contributed by atoms with E-state index in [4.69, 9.17) is 5.11 Å². The van der Waals surface area contributed by atoms with Crippen LogP contribution in [-0.4, -0.2) is 114 Å². The number of quaternary nitrogens is 1. The van der Waals surface area contributed by atoms with E-state index in [1.165, 1.54) is 14.1 Å². The van der Waals surface area contributed by atoms with E-state index in [9.17, 15) is 84.2 Å². The van der Waals surface area contributed by atoms with Crippen molar-refractivity contribution in [2.45, 2.75) is 60.5 Å². The molecule has 0 radical (unpaired) electrons. The lowest BCUT2D eigenvalue weighted by Gasteiger charge is -2.42. The zero-order valence-electron chi connectivity index (χ0n) is 21.0. The number of alkyl halides is 17. The third-order valence-corrected chi connectivity index (χ3v) is 6.37. The van der Waals surface area contributed by atoms with Crippen LogP contribution in [0.2, 0.25) is 0 Å². The third-order valence-electron chi connectivity index (χ3n) is 5.41. The number of carbonyl (C=O) groups excluding carboxylic acids is 1. The van der Waals surface area contributed by atoms with Gasteiger partial charge in [-0.3, -0.25) is 4.79 Å². The molecule has 0 spiro atoms. The number of halogens is 17. The van der Waals surface area contributed by atoms with Gasteiger partial charge in [-0.1, -0.05) is 0 Å². The Morgan fingerprint density at radius 2 is 1.10 bits per heavy atom. The summed E-state index contributed by atoms with van der Waals surface area (Å²) in [5.74, 6) is -61.1. The van der Waals surface area contributed by atoms with Crippen LogP contribution in [-0.2, 0) is 9.59 Å². The Labute approximate surface area is 229 Å². The van der Waals surface area contributed by atoms with Gasteiger partial charge in [0.15, 0.2) is 6.54 Å². The monoisotopic (exact) mass is 681 g/mol. The van der Waals surface area contributed by atoms with Gasteiger partial charge in [0.1, 0.15) is 0 Å². The molecule has 0 aromatic heterocycles. The molecule has 42 heavy (non-hydrogen) atoms. The van der Waals surface area contributed by atoms with Gasteiger partial charge in [-0.25, -0.2) is 4.79 Å². The molecule has 250 valence electrons. The summed E-state index contributed by atoms with van der Waals surface area (Å²) in [5.41, 5.74) is 0. The maximum absolute atomic E-state index is 13.8.